The number of aryl methyl sites for hydroxylation is 1. The standard InChI is InChI=1S/C38H75N2/c1-6-8-10-12-14-16-18-20-21-23-25-27-29-31-33-39-34-35-40(38(39)36(3)4)37(5)32-30-28-26-24-22-19-17-15-13-11-9-7-2/h34-37H,6-33H2,1-5H3/q+1. The third kappa shape index (κ3) is 19.4. The van der Waals surface area contributed by atoms with Crippen LogP contribution in [0.15, 0.2) is 12.4 Å². The minimum atomic E-state index is 0.589. The molecule has 2 heteroatoms. The third-order valence-electron chi connectivity index (χ3n) is 9.19. The van der Waals surface area contributed by atoms with Crippen molar-refractivity contribution in [3.05, 3.63) is 18.2 Å². The lowest BCUT2D eigenvalue weighted by Gasteiger charge is -2.14. The number of aromatic nitrogens is 2. The Morgan fingerprint density at radius 2 is 0.850 bits per heavy atom. The van der Waals surface area contributed by atoms with Crippen LogP contribution in [0.25, 0.3) is 0 Å². The van der Waals surface area contributed by atoms with Crippen molar-refractivity contribution in [2.45, 2.75) is 226 Å². The first kappa shape index (κ1) is 37.2. The van der Waals surface area contributed by atoms with E-state index in [-0.39, 0.29) is 0 Å². The van der Waals surface area contributed by atoms with Crippen LogP contribution in [0.3, 0.4) is 0 Å². The van der Waals surface area contributed by atoms with Crippen LogP contribution in [0.2, 0.25) is 0 Å². The van der Waals surface area contributed by atoms with E-state index in [9.17, 15) is 0 Å². The Morgan fingerprint density at radius 1 is 0.500 bits per heavy atom. The van der Waals surface area contributed by atoms with Crippen LogP contribution < -0.4 is 4.57 Å². The van der Waals surface area contributed by atoms with Crippen molar-refractivity contribution in [2.24, 2.45) is 0 Å². The van der Waals surface area contributed by atoms with Gasteiger partial charge in [0.25, 0.3) is 5.82 Å². The number of hydrogen-bond donors (Lipinski definition) is 0. The molecule has 0 saturated heterocycles. The van der Waals surface area contributed by atoms with Crippen molar-refractivity contribution in [2.75, 3.05) is 0 Å². The molecule has 1 rings (SSSR count). The molecule has 0 radical (unpaired) electrons. The van der Waals surface area contributed by atoms with Gasteiger partial charge in [0.15, 0.2) is 0 Å². The van der Waals surface area contributed by atoms with Gasteiger partial charge in [-0.05, 0) is 32.6 Å². The molecule has 236 valence electrons. The quantitative estimate of drug-likeness (QED) is 0.0654. The monoisotopic (exact) mass is 560 g/mol. The summed E-state index contributed by atoms with van der Waals surface area (Å²) in [7, 11) is 0. The highest BCUT2D eigenvalue weighted by molar-refractivity contribution is 4.92. The predicted octanol–water partition coefficient (Wildman–Crippen LogP) is 13.0. The molecule has 0 aliphatic rings. The Bertz CT molecular complexity index is 646. The number of imidazole rings is 1. The van der Waals surface area contributed by atoms with E-state index < -0.39 is 0 Å². The van der Waals surface area contributed by atoms with Crippen LogP contribution in [0.5, 0.6) is 0 Å². The molecule has 0 saturated carbocycles. The smallest absolute Gasteiger partial charge is 0.234 e. The first-order chi connectivity index (χ1) is 19.6. The first-order valence-electron chi connectivity index (χ1n) is 18.7. The van der Waals surface area contributed by atoms with Gasteiger partial charge >= 0.3 is 0 Å². The average molecular weight is 560 g/mol. The number of hydrogen-bond acceptors (Lipinski definition) is 0. The molecular formula is C38H75N2+. The summed E-state index contributed by atoms with van der Waals surface area (Å²) >= 11 is 0. The lowest BCUT2D eigenvalue weighted by Crippen LogP contribution is -2.38. The maximum Gasteiger partial charge on any atom is 0.259 e. The lowest BCUT2D eigenvalue weighted by molar-refractivity contribution is -0.705. The fourth-order valence-electron chi connectivity index (χ4n) is 6.54. The average Bonchev–Trinajstić information content (AvgIpc) is 3.38. The van der Waals surface area contributed by atoms with E-state index in [2.05, 4.69) is 56.1 Å². The molecule has 0 spiro atoms. The predicted molar refractivity (Wildman–Crippen MR) is 179 cm³/mol. The molecule has 2 nitrogen and oxygen atoms in total. The first-order valence-corrected chi connectivity index (χ1v) is 18.7. The van der Waals surface area contributed by atoms with E-state index in [0.717, 1.165) is 0 Å². The van der Waals surface area contributed by atoms with Crippen molar-refractivity contribution in [3.8, 4) is 0 Å². The SMILES string of the molecule is CCCCCCCCCCCCCCCC[n+]1ccn(C(C)CCCCCCCCCCCCCC)c1C(C)C. The van der Waals surface area contributed by atoms with Crippen LogP contribution in [-0.2, 0) is 6.54 Å². The maximum atomic E-state index is 2.60. The molecular weight excluding hydrogens is 484 g/mol. The molecule has 0 aliphatic heterocycles. The fraction of sp³-hybridized carbons (Fsp3) is 0.921. The molecule has 1 aromatic heterocycles. The van der Waals surface area contributed by atoms with Gasteiger partial charge in [-0.1, -0.05) is 175 Å². The fourth-order valence-corrected chi connectivity index (χ4v) is 6.54. The van der Waals surface area contributed by atoms with Crippen LogP contribution in [0.1, 0.15) is 226 Å². The Balaban J connectivity index is 2.11. The molecule has 1 unspecified atom stereocenters. The topological polar surface area (TPSA) is 8.81 Å². The maximum absolute atomic E-state index is 2.60. The number of nitrogens with zero attached hydrogens (tertiary/aromatic N) is 2. The normalized spacial score (nSPS) is 12.6. The Kier molecular flexibility index (Phi) is 25.2. The molecule has 1 aromatic rings. The molecule has 0 aliphatic carbocycles. The second kappa shape index (κ2) is 27.1. The summed E-state index contributed by atoms with van der Waals surface area (Å²) in [5, 5.41) is 0. The van der Waals surface area contributed by atoms with Gasteiger partial charge in [0.1, 0.15) is 12.4 Å². The van der Waals surface area contributed by atoms with Gasteiger partial charge in [-0.15, -0.1) is 0 Å². The summed E-state index contributed by atoms with van der Waals surface area (Å²) in [5.41, 5.74) is 0. The third-order valence-corrected chi connectivity index (χ3v) is 9.19. The minimum Gasteiger partial charge on any atom is -0.234 e. The Morgan fingerprint density at radius 3 is 1.23 bits per heavy atom. The summed E-state index contributed by atoms with van der Waals surface area (Å²) in [5.74, 6) is 2.13. The van der Waals surface area contributed by atoms with Gasteiger partial charge in [0.05, 0.1) is 18.5 Å². The van der Waals surface area contributed by atoms with Gasteiger partial charge in [-0.3, -0.25) is 0 Å². The van der Waals surface area contributed by atoms with Crippen LogP contribution in [-0.4, -0.2) is 4.57 Å². The van der Waals surface area contributed by atoms with Crippen molar-refractivity contribution in [1.29, 1.82) is 0 Å². The lowest BCUT2D eigenvalue weighted by atomic mass is 10.0. The van der Waals surface area contributed by atoms with Crippen molar-refractivity contribution in [3.63, 3.8) is 0 Å². The molecule has 0 aromatic carbocycles. The van der Waals surface area contributed by atoms with E-state index in [1.165, 1.54) is 180 Å². The summed E-state index contributed by atoms with van der Waals surface area (Å²) in [6.45, 7) is 13.0. The summed E-state index contributed by atoms with van der Waals surface area (Å²) in [6, 6.07) is 0.623. The van der Waals surface area contributed by atoms with Crippen molar-refractivity contribution >= 4 is 0 Å². The largest absolute Gasteiger partial charge is 0.259 e. The van der Waals surface area contributed by atoms with Gasteiger partial charge in [-0.25, -0.2) is 9.13 Å². The van der Waals surface area contributed by atoms with Crippen molar-refractivity contribution in [1.82, 2.24) is 4.57 Å². The number of unbranched alkanes of at least 4 members (excludes halogenated alkanes) is 24. The zero-order chi connectivity index (χ0) is 29.1. The Hall–Kier alpha value is -0.790. The molecule has 0 amide bonds. The zero-order valence-corrected chi connectivity index (χ0v) is 28.5. The Labute approximate surface area is 253 Å². The van der Waals surface area contributed by atoms with Crippen molar-refractivity contribution < 1.29 is 4.57 Å². The highest BCUT2D eigenvalue weighted by Gasteiger charge is 2.23. The second-order valence-electron chi connectivity index (χ2n) is 13.5. The molecule has 1 atom stereocenters. The zero-order valence-electron chi connectivity index (χ0n) is 28.5. The summed E-state index contributed by atoms with van der Waals surface area (Å²) in [4.78, 5) is 0. The van der Waals surface area contributed by atoms with Gasteiger partial charge < -0.3 is 0 Å². The number of rotatable bonds is 30. The molecule has 0 bridgehead atoms. The minimum absolute atomic E-state index is 0.589. The van der Waals surface area contributed by atoms with Gasteiger partial charge in [-0.2, -0.15) is 0 Å². The summed E-state index contributed by atoms with van der Waals surface area (Å²) in [6.07, 6.45) is 43.4. The van der Waals surface area contributed by atoms with Crippen LogP contribution in [0.4, 0.5) is 0 Å². The molecule has 0 fully saturated rings. The van der Waals surface area contributed by atoms with Gasteiger partial charge in [0.2, 0.25) is 0 Å². The van der Waals surface area contributed by atoms with E-state index >= 15 is 0 Å². The van der Waals surface area contributed by atoms with E-state index in [1.54, 1.807) is 5.82 Å². The van der Waals surface area contributed by atoms with Gasteiger partial charge in [0, 0.05) is 0 Å². The van der Waals surface area contributed by atoms with Crippen LogP contribution in [0, 0.1) is 0 Å². The second-order valence-corrected chi connectivity index (χ2v) is 13.5. The summed E-state index contributed by atoms with van der Waals surface area (Å²) < 4.78 is 5.18. The molecule has 0 N–H and O–H groups in total. The van der Waals surface area contributed by atoms with E-state index in [1.807, 2.05) is 0 Å². The highest BCUT2D eigenvalue weighted by atomic mass is 15.2. The molecule has 40 heavy (non-hydrogen) atoms. The van der Waals surface area contributed by atoms with E-state index in [0.29, 0.717) is 12.0 Å². The highest BCUT2D eigenvalue weighted by Crippen LogP contribution is 2.22. The van der Waals surface area contributed by atoms with E-state index in [4.69, 9.17) is 0 Å². The van der Waals surface area contributed by atoms with Crippen LogP contribution >= 0.6 is 0 Å². The molecule has 1 heterocycles.